The van der Waals surface area contributed by atoms with Crippen molar-refractivity contribution in [1.82, 2.24) is 34.9 Å². The number of rotatable bonds is 13. The van der Waals surface area contributed by atoms with E-state index in [2.05, 4.69) is 346 Å². The molecule has 640 valence electrons. The number of hydrogen-bond donors (Lipinski definition) is 0. The molecular weight excluding hydrogens is 1670 g/mol. The third kappa shape index (κ3) is 15.4. The molecule has 3 aliphatic heterocycles. The third-order valence-corrected chi connectivity index (χ3v) is 26.2. The van der Waals surface area contributed by atoms with E-state index in [0.29, 0.717) is 17.5 Å². The van der Waals surface area contributed by atoms with E-state index in [1.54, 1.807) is 0 Å². The average molecular weight is 1750 g/mol. The van der Waals surface area contributed by atoms with Gasteiger partial charge in [-0.2, -0.15) is 0 Å². The van der Waals surface area contributed by atoms with Crippen molar-refractivity contribution in [2.45, 2.75) is 0 Å². The molecule has 10 nitrogen and oxygen atoms in total. The molecule has 0 spiro atoms. The first-order valence-corrected chi connectivity index (χ1v) is 46.0. The molecule has 19 aromatic carbocycles. The maximum Gasteiger partial charge on any atom is 0.164 e. The highest BCUT2D eigenvalue weighted by Gasteiger charge is 2.27. The van der Waals surface area contributed by atoms with Crippen LogP contribution in [0.15, 0.2) is 480 Å². The standard InChI is InChI=1S/C43H27N3O.2C42H26N2O/c1-3-10-31(11-4-1)41-44-42(32-12-5-2-6-13-32)46-43(45-41)33-24-20-29(21-25-33)28-18-22-30(23-19-28)34-26-27-39-40-36(34)15-9-16-37(40)35-14-7-8-17-38(35)47-39;1-3-10-27(11-4-1)38-24-31(25-39(44-38)28-12-5-2-6-13-28)29-18-19-30-22-32(26-43-37(30)23-29)33-20-21-41-42-35(33)15-9-16-36(42)34-14-7-8-17-40(34)45-41;1-3-10-27(11-4-1)31-24-37(28-12-5-2-6-13-28)44-38(25-31)30-19-18-29-23-39(43-26-32(29)22-30)33-20-21-41-42-35(33)15-9-16-36(42)34-14-7-8-17-40(34)45-41/h1-27H;2*1-26H. The Bertz CT molecular complexity index is 8320. The predicted octanol–water partition coefficient (Wildman–Crippen LogP) is 33.6. The SMILES string of the molecule is c1ccc(-c2cc(-c3ccc4cc(-c5ccc6c7c(cccc57)-c5ccccc5O6)cnc4c3)cc(-c3ccccc3)n2)cc1.c1ccc(-c2cc(-c3ccccc3)nc(-c3ccc4cc(-c5ccc6c7c(cccc57)-c5ccccc5O6)ncc4c3)c2)cc1.c1ccc(-c2nc(-c3ccccc3)nc(-c3ccc(-c4ccc(-c5ccc6c7c(cccc57)-c5ccccc5O6)cc4)cc3)n2)cc1. The summed E-state index contributed by atoms with van der Waals surface area (Å²) in [5.41, 5.74) is 32.3. The lowest BCUT2D eigenvalue weighted by atomic mass is 9.90. The van der Waals surface area contributed by atoms with Gasteiger partial charge in [0.1, 0.15) is 34.5 Å². The molecule has 0 fully saturated rings. The van der Waals surface area contributed by atoms with Gasteiger partial charge >= 0.3 is 0 Å². The fourth-order valence-corrected chi connectivity index (χ4v) is 19.4. The fraction of sp³-hybridized carbons (Fsp3) is 0. The zero-order chi connectivity index (χ0) is 90.6. The van der Waals surface area contributed by atoms with Gasteiger partial charge in [-0.15, -0.1) is 0 Å². The molecule has 27 rings (SSSR count). The molecule has 10 heteroatoms. The number of hydrogen-bond acceptors (Lipinski definition) is 10. The minimum Gasteiger partial charge on any atom is -0.456 e. The van der Waals surface area contributed by atoms with Gasteiger partial charge in [0, 0.05) is 106 Å². The fourth-order valence-electron chi connectivity index (χ4n) is 19.4. The monoisotopic (exact) mass is 1750 g/mol. The van der Waals surface area contributed by atoms with Crippen LogP contribution in [-0.4, -0.2) is 34.9 Å². The van der Waals surface area contributed by atoms with Crippen LogP contribution in [0.1, 0.15) is 0 Å². The molecule has 0 aliphatic carbocycles. The molecule has 24 aromatic rings. The molecule has 0 saturated carbocycles. The molecule has 0 radical (unpaired) electrons. The summed E-state index contributed by atoms with van der Waals surface area (Å²) in [5.74, 6) is 7.33. The van der Waals surface area contributed by atoms with Gasteiger partial charge in [0.2, 0.25) is 0 Å². The van der Waals surface area contributed by atoms with Crippen molar-refractivity contribution in [3.8, 4) is 214 Å². The zero-order valence-electron chi connectivity index (χ0n) is 74.0. The second kappa shape index (κ2) is 34.7. The first kappa shape index (κ1) is 80.6. The van der Waals surface area contributed by atoms with Crippen LogP contribution in [0.4, 0.5) is 0 Å². The van der Waals surface area contributed by atoms with Crippen molar-refractivity contribution in [3.05, 3.63) is 480 Å². The molecule has 5 aromatic heterocycles. The highest BCUT2D eigenvalue weighted by Crippen LogP contribution is 2.53. The molecular formula is C127H79N7O3. The van der Waals surface area contributed by atoms with Crippen LogP contribution in [-0.2, 0) is 0 Å². The Balaban J connectivity index is 0.000000109. The van der Waals surface area contributed by atoms with Gasteiger partial charge in [-0.05, 0) is 185 Å². The molecule has 0 saturated heterocycles. The molecule has 0 atom stereocenters. The quantitative estimate of drug-likeness (QED) is 0.110. The van der Waals surface area contributed by atoms with Gasteiger partial charge in [0.15, 0.2) is 17.5 Å². The number of pyridine rings is 4. The summed E-state index contributed by atoms with van der Waals surface area (Å²) in [5, 5.41) is 10.2. The molecule has 8 heterocycles. The minimum atomic E-state index is 0.647. The van der Waals surface area contributed by atoms with E-state index in [0.717, 1.165) is 212 Å². The Morgan fingerprint density at radius 1 is 0.146 bits per heavy atom. The lowest BCUT2D eigenvalue weighted by Crippen LogP contribution is -2.00. The Kier molecular flexibility index (Phi) is 20.4. The van der Waals surface area contributed by atoms with E-state index in [-0.39, 0.29) is 0 Å². The largest absolute Gasteiger partial charge is 0.456 e. The zero-order valence-corrected chi connectivity index (χ0v) is 74.0. The summed E-state index contributed by atoms with van der Waals surface area (Å²) >= 11 is 0. The molecule has 3 aliphatic rings. The van der Waals surface area contributed by atoms with E-state index < -0.39 is 0 Å². The Labute approximate surface area is 791 Å². The lowest BCUT2D eigenvalue weighted by molar-refractivity contribution is 0.487. The summed E-state index contributed by atoms with van der Waals surface area (Å²) in [6.07, 6.45) is 3.97. The summed E-state index contributed by atoms with van der Waals surface area (Å²) in [7, 11) is 0. The second-order valence-electron chi connectivity index (χ2n) is 34.5. The van der Waals surface area contributed by atoms with Crippen molar-refractivity contribution in [3.63, 3.8) is 0 Å². The van der Waals surface area contributed by atoms with Gasteiger partial charge in [-0.1, -0.05) is 370 Å². The maximum absolute atomic E-state index is 6.32. The highest BCUT2D eigenvalue weighted by atomic mass is 16.5. The summed E-state index contributed by atoms with van der Waals surface area (Å²) in [6, 6.07) is 162. The molecule has 0 amide bonds. The van der Waals surface area contributed by atoms with Crippen molar-refractivity contribution < 1.29 is 14.2 Å². The number of para-hydroxylation sites is 3. The number of aromatic nitrogens is 7. The van der Waals surface area contributed by atoms with Crippen molar-refractivity contribution in [1.29, 1.82) is 0 Å². The predicted molar refractivity (Wildman–Crippen MR) is 559 cm³/mol. The van der Waals surface area contributed by atoms with Crippen LogP contribution < -0.4 is 14.2 Å². The van der Waals surface area contributed by atoms with Gasteiger partial charge in [-0.25, -0.2) is 24.9 Å². The van der Waals surface area contributed by atoms with Crippen LogP contribution >= 0.6 is 0 Å². The van der Waals surface area contributed by atoms with E-state index in [4.69, 9.17) is 49.1 Å². The van der Waals surface area contributed by atoms with Crippen LogP contribution in [0.2, 0.25) is 0 Å². The Morgan fingerprint density at radius 2 is 0.474 bits per heavy atom. The molecule has 137 heavy (non-hydrogen) atoms. The first-order chi connectivity index (χ1) is 67.8. The van der Waals surface area contributed by atoms with Crippen LogP contribution in [0, 0.1) is 0 Å². The second-order valence-corrected chi connectivity index (χ2v) is 34.5. The summed E-state index contributed by atoms with van der Waals surface area (Å²) in [4.78, 5) is 34.7. The van der Waals surface area contributed by atoms with Crippen LogP contribution in [0.5, 0.6) is 34.5 Å². The van der Waals surface area contributed by atoms with Gasteiger partial charge < -0.3 is 14.2 Å². The first-order valence-electron chi connectivity index (χ1n) is 46.0. The van der Waals surface area contributed by atoms with Crippen molar-refractivity contribution in [2.75, 3.05) is 0 Å². The topological polar surface area (TPSA) is 118 Å². The number of fused-ring (bicyclic) bond motifs is 8. The Morgan fingerprint density at radius 3 is 0.934 bits per heavy atom. The molecule has 0 N–H and O–H groups in total. The van der Waals surface area contributed by atoms with Gasteiger partial charge in [-0.3, -0.25) is 9.97 Å². The lowest BCUT2D eigenvalue weighted by Gasteiger charge is -2.22. The summed E-state index contributed by atoms with van der Waals surface area (Å²) < 4.78 is 18.9. The van der Waals surface area contributed by atoms with Gasteiger partial charge in [0.25, 0.3) is 0 Å². The maximum atomic E-state index is 6.32. The third-order valence-electron chi connectivity index (χ3n) is 26.2. The van der Waals surface area contributed by atoms with Crippen molar-refractivity contribution >= 4 is 54.0 Å². The minimum absolute atomic E-state index is 0.647. The molecule has 0 bridgehead atoms. The Hall–Kier alpha value is -18.5. The number of ether oxygens (including phenoxy) is 3. The average Bonchev–Trinajstić information content (AvgIpc) is 0.742. The van der Waals surface area contributed by atoms with Gasteiger partial charge in [0.05, 0.1) is 34.0 Å². The van der Waals surface area contributed by atoms with Crippen LogP contribution in [0.25, 0.3) is 233 Å². The summed E-state index contributed by atoms with van der Waals surface area (Å²) in [6.45, 7) is 0. The highest BCUT2D eigenvalue weighted by molar-refractivity contribution is 6.13. The van der Waals surface area contributed by atoms with Crippen molar-refractivity contribution in [2.24, 2.45) is 0 Å². The normalized spacial score (nSPS) is 11.7. The van der Waals surface area contributed by atoms with E-state index in [1.165, 1.54) is 38.8 Å². The number of benzene rings is 19. The van der Waals surface area contributed by atoms with E-state index in [1.807, 2.05) is 134 Å². The van der Waals surface area contributed by atoms with E-state index in [9.17, 15) is 0 Å². The number of nitrogens with zero attached hydrogens (tertiary/aromatic N) is 7. The van der Waals surface area contributed by atoms with E-state index >= 15 is 0 Å². The van der Waals surface area contributed by atoms with Crippen LogP contribution in [0.3, 0.4) is 0 Å². The smallest absolute Gasteiger partial charge is 0.164 e. The molecule has 0 unspecified atom stereocenters.